The Labute approximate surface area is 134 Å². The molecule has 1 aromatic carbocycles. The number of carboxylic acid groups (broad SMARTS) is 1. The molecule has 0 aliphatic rings. The number of hydrogen-bond donors (Lipinski definition) is 2. The van der Waals surface area contributed by atoms with E-state index < -0.39 is 23.6 Å². The number of nitrogens with one attached hydrogen (secondary N) is 1. The predicted octanol–water partition coefficient (Wildman–Crippen LogP) is 3.27. The molecule has 1 aromatic heterocycles. The normalized spacial score (nSPS) is 11.3. The fourth-order valence-electron chi connectivity index (χ4n) is 2.11. The van der Waals surface area contributed by atoms with Crippen LogP contribution in [0, 0.1) is 6.92 Å². The van der Waals surface area contributed by atoms with Crippen LogP contribution in [0.2, 0.25) is 0 Å². The van der Waals surface area contributed by atoms with Crippen LogP contribution in [0.25, 0.3) is 0 Å². The zero-order valence-corrected chi connectivity index (χ0v) is 12.5. The molecule has 0 atom stereocenters. The summed E-state index contributed by atoms with van der Waals surface area (Å²) in [5, 5.41) is 14.7. The first kappa shape index (κ1) is 17.5. The first-order valence-electron chi connectivity index (χ1n) is 6.82. The fourth-order valence-corrected chi connectivity index (χ4v) is 2.11. The second-order valence-electron chi connectivity index (χ2n) is 5.05. The van der Waals surface area contributed by atoms with Crippen LogP contribution in [0.3, 0.4) is 0 Å². The van der Waals surface area contributed by atoms with Gasteiger partial charge >= 0.3 is 12.1 Å². The number of halogens is 3. The second kappa shape index (κ2) is 6.73. The zero-order valence-electron chi connectivity index (χ0n) is 12.5. The van der Waals surface area contributed by atoms with E-state index in [0.717, 1.165) is 18.4 Å². The summed E-state index contributed by atoms with van der Waals surface area (Å²) in [5.74, 6) is -1.70. The van der Waals surface area contributed by atoms with E-state index in [1.165, 1.54) is 13.0 Å². The maximum absolute atomic E-state index is 12.7. The van der Waals surface area contributed by atoms with Crippen LogP contribution >= 0.6 is 0 Å². The minimum Gasteiger partial charge on any atom is -0.481 e. The van der Waals surface area contributed by atoms with Gasteiger partial charge in [-0.1, -0.05) is 5.16 Å². The number of benzene rings is 1. The Morgan fingerprint density at radius 3 is 2.62 bits per heavy atom. The van der Waals surface area contributed by atoms with Crippen molar-refractivity contribution in [2.24, 2.45) is 0 Å². The predicted molar refractivity (Wildman–Crippen MR) is 76.6 cm³/mol. The average molecular weight is 342 g/mol. The number of carbonyl (C=O) groups is 2. The van der Waals surface area contributed by atoms with E-state index in [2.05, 4.69) is 15.0 Å². The molecule has 0 aliphatic carbocycles. The van der Waals surface area contributed by atoms with Crippen molar-refractivity contribution in [2.75, 3.05) is 5.32 Å². The minimum absolute atomic E-state index is 0.000621. The molecule has 2 N–H and O–H groups in total. The van der Waals surface area contributed by atoms with E-state index in [9.17, 15) is 22.8 Å². The maximum atomic E-state index is 12.7. The largest absolute Gasteiger partial charge is 0.481 e. The molecule has 24 heavy (non-hydrogen) atoms. The van der Waals surface area contributed by atoms with Crippen LogP contribution in [0.15, 0.2) is 29.0 Å². The van der Waals surface area contributed by atoms with Crippen molar-refractivity contribution in [2.45, 2.75) is 25.9 Å². The SMILES string of the molecule is Cc1cc(NC(=O)c2conc2CCC(=O)O)ccc1C(F)(F)F. The summed E-state index contributed by atoms with van der Waals surface area (Å²) >= 11 is 0. The van der Waals surface area contributed by atoms with Gasteiger partial charge in [0.2, 0.25) is 0 Å². The molecule has 0 saturated carbocycles. The molecule has 1 heterocycles. The highest BCUT2D eigenvalue weighted by molar-refractivity contribution is 6.04. The van der Waals surface area contributed by atoms with Gasteiger partial charge in [-0.25, -0.2) is 0 Å². The highest BCUT2D eigenvalue weighted by atomic mass is 19.4. The molecule has 0 saturated heterocycles. The Bertz CT molecular complexity index is 768. The summed E-state index contributed by atoms with van der Waals surface area (Å²) < 4.78 is 42.8. The number of nitrogens with zero attached hydrogens (tertiary/aromatic N) is 1. The molecule has 0 spiro atoms. The first-order chi connectivity index (χ1) is 11.2. The molecule has 0 unspecified atom stereocenters. The summed E-state index contributed by atoms with van der Waals surface area (Å²) in [6.45, 7) is 1.29. The van der Waals surface area contributed by atoms with Gasteiger partial charge in [-0.15, -0.1) is 0 Å². The number of amides is 1. The number of anilines is 1. The van der Waals surface area contributed by atoms with Gasteiger partial charge in [-0.05, 0) is 30.7 Å². The van der Waals surface area contributed by atoms with E-state index in [1.807, 2.05) is 0 Å². The number of aliphatic carboxylic acids is 1. The highest BCUT2D eigenvalue weighted by Crippen LogP contribution is 2.33. The quantitative estimate of drug-likeness (QED) is 0.870. The number of aryl methyl sites for hydroxylation is 2. The smallest absolute Gasteiger partial charge is 0.416 e. The van der Waals surface area contributed by atoms with Gasteiger partial charge in [0.15, 0.2) is 0 Å². The standard InChI is InChI=1S/C15H13F3N2O4/c1-8-6-9(2-3-11(8)15(16,17)18)19-14(23)10-7-24-20-12(10)4-5-13(21)22/h2-3,6-7H,4-5H2,1H3,(H,19,23)(H,21,22). The van der Waals surface area contributed by atoms with Gasteiger partial charge in [0.05, 0.1) is 17.7 Å². The number of carboxylic acids is 1. The van der Waals surface area contributed by atoms with Crippen LogP contribution < -0.4 is 5.32 Å². The van der Waals surface area contributed by atoms with Crippen molar-refractivity contribution in [3.05, 3.63) is 46.8 Å². The molecule has 0 fully saturated rings. The lowest BCUT2D eigenvalue weighted by atomic mass is 10.1. The van der Waals surface area contributed by atoms with Crippen LogP contribution in [0.1, 0.15) is 33.6 Å². The lowest BCUT2D eigenvalue weighted by Crippen LogP contribution is -2.15. The van der Waals surface area contributed by atoms with Crippen molar-refractivity contribution in [3.63, 3.8) is 0 Å². The molecule has 128 valence electrons. The maximum Gasteiger partial charge on any atom is 0.416 e. The summed E-state index contributed by atoms with van der Waals surface area (Å²) in [4.78, 5) is 22.7. The van der Waals surface area contributed by atoms with Gasteiger partial charge in [0.25, 0.3) is 5.91 Å². The first-order valence-corrected chi connectivity index (χ1v) is 6.82. The Morgan fingerprint density at radius 2 is 2.04 bits per heavy atom. The Hall–Kier alpha value is -2.84. The monoisotopic (exact) mass is 342 g/mol. The van der Waals surface area contributed by atoms with Gasteiger partial charge in [-0.3, -0.25) is 9.59 Å². The Balaban J connectivity index is 2.15. The number of hydrogen-bond acceptors (Lipinski definition) is 4. The lowest BCUT2D eigenvalue weighted by Gasteiger charge is -2.12. The third kappa shape index (κ3) is 4.12. The molecule has 0 radical (unpaired) electrons. The third-order valence-electron chi connectivity index (χ3n) is 3.25. The second-order valence-corrected chi connectivity index (χ2v) is 5.05. The van der Waals surface area contributed by atoms with Gasteiger partial charge in [0, 0.05) is 12.1 Å². The van der Waals surface area contributed by atoms with Gasteiger partial charge in [-0.2, -0.15) is 13.2 Å². The Morgan fingerprint density at radius 1 is 1.33 bits per heavy atom. The summed E-state index contributed by atoms with van der Waals surface area (Å²) in [6, 6.07) is 3.22. The van der Waals surface area contributed by atoms with Gasteiger partial charge < -0.3 is 14.9 Å². The van der Waals surface area contributed by atoms with E-state index >= 15 is 0 Å². The highest BCUT2D eigenvalue weighted by Gasteiger charge is 2.32. The molecule has 6 nitrogen and oxygen atoms in total. The van der Waals surface area contributed by atoms with Gasteiger partial charge in [0.1, 0.15) is 11.8 Å². The van der Waals surface area contributed by atoms with E-state index in [1.54, 1.807) is 0 Å². The molecule has 2 aromatic rings. The summed E-state index contributed by atoms with van der Waals surface area (Å²) in [5.41, 5.74) is -0.437. The molecule has 0 aliphatic heterocycles. The molecule has 0 bridgehead atoms. The number of aromatic nitrogens is 1. The van der Waals surface area contributed by atoms with Crippen LogP contribution in [-0.2, 0) is 17.4 Å². The fraction of sp³-hybridized carbons (Fsp3) is 0.267. The molecule has 1 amide bonds. The van der Waals surface area contributed by atoms with Crippen molar-refractivity contribution in [1.29, 1.82) is 0 Å². The van der Waals surface area contributed by atoms with E-state index in [-0.39, 0.29) is 35.3 Å². The number of rotatable bonds is 5. The molecule has 2 rings (SSSR count). The van der Waals surface area contributed by atoms with Crippen LogP contribution in [0.4, 0.5) is 18.9 Å². The van der Waals surface area contributed by atoms with Crippen molar-refractivity contribution in [3.8, 4) is 0 Å². The average Bonchev–Trinajstić information content (AvgIpc) is 2.92. The minimum atomic E-state index is -4.47. The van der Waals surface area contributed by atoms with E-state index in [4.69, 9.17) is 5.11 Å². The van der Waals surface area contributed by atoms with Crippen LogP contribution in [0.5, 0.6) is 0 Å². The lowest BCUT2D eigenvalue weighted by molar-refractivity contribution is -0.138. The third-order valence-corrected chi connectivity index (χ3v) is 3.25. The zero-order chi connectivity index (χ0) is 17.9. The summed E-state index contributed by atoms with van der Waals surface area (Å²) in [6.07, 6.45) is -3.64. The molecular formula is C15H13F3N2O4. The number of carbonyl (C=O) groups excluding carboxylic acids is 1. The Kier molecular flexibility index (Phi) is 4.91. The van der Waals surface area contributed by atoms with Crippen LogP contribution in [-0.4, -0.2) is 22.1 Å². The van der Waals surface area contributed by atoms with E-state index in [0.29, 0.717) is 0 Å². The summed E-state index contributed by atoms with van der Waals surface area (Å²) in [7, 11) is 0. The topological polar surface area (TPSA) is 92.4 Å². The molecular weight excluding hydrogens is 329 g/mol. The van der Waals surface area contributed by atoms with Crippen molar-refractivity contribution in [1.82, 2.24) is 5.16 Å². The molecule has 9 heteroatoms. The van der Waals surface area contributed by atoms with Crippen molar-refractivity contribution >= 4 is 17.6 Å². The number of alkyl halides is 3. The van der Waals surface area contributed by atoms with Crippen molar-refractivity contribution < 1.29 is 32.4 Å².